The summed E-state index contributed by atoms with van der Waals surface area (Å²) >= 11 is 6.22. The molecule has 0 bridgehead atoms. The van der Waals surface area contributed by atoms with Crippen molar-refractivity contribution in [1.29, 1.82) is 0 Å². The predicted molar refractivity (Wildman–Crippen MR) is 75.0 cm³/mol. The van der Waals surface area contributed by atoms with Crippen molar-refractivity contribution in [3.63, 3.8) is 0 Å². The van der Waals surface area contributed by atoms with E-state index in [-0.39, 0.29) is 11.9 Å². The van der Waals surface area contributed by atoms with Crippen LogP contribution in [-0.4, -0.2) is 16.8 Å². The van der Waals surface area contributed by atoms with Gasteiger partial charge in [0.15, 0.2) is 0 Å². The molecule has 1 atom stereocenters. The maximum absolute atomic E-state index is 13.5. The van der Waals surface area contributed by atoms with Crippen LogP contribution in [0.1, 0.15) is 29.8 Å². The van der Waals surface area contributed by atoms with Gasteiger partial charge in [0, 0.05) is 6.54 Å². The molecule has 3 nitrogen and oxygen atoms in total. The molecule has 2 rings (SSSR count). The second-order valence-corrected chi connectivity index (χ2v) is 4.82. The topological polar surface area (TPSA) is 29.9 Å². The summed E-state index contributed by atoms with van der Waals surface area (Å²) in [7, 11) is 1.83. The molecule has 102 valence electrons. The molecule has 5 heteroatoms. The summed E-state index contributed by atoms with van der Waals surface area (Å²) in [4.78, 5) is 0. The van der Waals surface area contributed by atoms with E-state index in [4.69, 9.17) is 11.6 Å². The van der Waals surface area contributed by atoms with Crippen LogP contribution in [0.15, 0.2) is 24.4 Å². The Morgan fingerprint density at radius 2 is 2.21 bits per heavy atom. The van der Waals surface area contributed by atoms with Crippen LogP contribution >= 0.6 is 11.6 Å². The Hall–Kier alpha value is -1.39. The van der Waals surface area contributed by atoms with Crippen LogP contribution in [0.2, 0.25) is 5.02 Å². The minimum absolute atomic E-state index is 0.175. The van der Waals surface area contributed by atoms with E-state index < -0.39 is 0 Å². The second kappa shape index (κ2) is 5.72. The van der Waals surface area contributed by atoms with Crippen LogP contribution in [-0.2, 0) is 6.54 Å². The highest BCUT2D eigenvalue weighted by Gasteiger charge is 2.22. The quantitative estimate of drug-likeness (QED) is 0.932. The van der Waals surface area contributed by atoms with Gasteiger partial charge in [0.25, 0.3) is 0 Å². The minimum atomic E-state index is -0.250. The van der Waals surface area contributed by atoms with Gasteiger partial charge in [-0.05, 0) is 44.2 Å². The molecule has 0 fully saturated rings. The first-order chi connectivity index (χ1) is 9.08. The van der Waals surface area contributed by atoms with Gasteiger partial charge >= 0.3 is 0 Å². The Morgan fingerprint density at radius 3 is 2.84 bits per heavy atom. The van der Waals surface area contributed by atoms with Gasteiger partial charge in [-0.2, -0.15) is 5.10 Å². The zero-order valence-corrected chi connectivity index (χ0v) is 12.0. The van der Waals surface area contributed by atoms with Gasteiger partial charge in [0.05, 0.1) is 23.0 Å². The van der Waals surface area contributed by atoms with Crippen molar-refractivity contribution >= 4 is 11.6 Å². The highest BCUT2D eigenvalue weighted by Crippen LogP contribution is 2.30. The average Bonchev–Trinajstić information content (AvgIpc) is 2.76. The van der Waals surface area contributed by atoms with E-state index in [9.17, 15) is 4.39 Å². The molecule has 1 aromatic carbocycles. The number of rotatable bonds is 4. The van der Waals surface area contributed by atoms with Crippen molar-refractivity contribution in [2.24, 2.45) is 0 Å². The number of nitrogens with one attached hydrogen (secondary N) is 1. The SMILES string of the molecule is CCn1ncc(Cl)c1C(NC)c1cc(F)ccc1C. The fraction of sp³-hybridized carbons (Fsp3) is 0.357. The number of aromatic nitrogens is 2. The van der Waals surface area contributed by atoms with E-state index >= 15 is 0 Å². The molecule has 0 saturated carbocycles. The van der Waals surface area contributed by atoms with Crippen LogP contribution in [0, 0.1) is 12.7 Å². The van der Waals surface area contributed by atoms with Gasteiger partial charge in [0.1, 0.15) is 5.82 Å². The number of aryl methyl sites for hydroxylation is 2. The first kappa shape index (κ1) is 14.0. The molecule has 0 amide bonds. The smallest absolute Gasteiger partial charge is 0.123 e. The summed E-state index contributed by atoms with van der Waals surface area (Å²) in [5.74, 6) is -0.250. The monoisotopic (exact) mass is 281 g/mol. The second-order valence-electron chi connectivity index (χ2n) is 4.42. The number of hydrogen-bond donors (Lipinski definition) is 1. The molecule has 1 unspecified atom stereocenters. The van der Waals surface area contributed by atoms with Gasteiger partial charge in [-0.15, -0.1) is 0 Å². The maximum atomic E-state index is 13.5. The average molecular weight is 282 g/mol. The van der Waals surface area contributed by atoms with Crippen molar-refractivity contribution < 1.29 is 4.39 Å². The summed E-state index contributed by atoms with van der Waals surface area (Å²) < 4.78 is 15.3. The van der Waals surface area contributed by atoms with E-state index in [1.807, 2.05) is 25.6 Å². The van der Waals surface area contributed by atoms with Crippen LogP contribution in [0.5, 0.6) is 0 Å². The van der Waals surface area contributed by atoms with E-state index in [1.165, 1.54) is 6.07 Å². The van der Waals surface area contributed by atoms with E-state index in [1.54, 1.807) is 18.3 Å². The summed E-state index contributed by atoms with van der Waals surface area (Å²) in [6.07, 6.45) is 1.62. The van der Waals surface area contributed by atoms with Crippen LogP contribution in [0.25, 0.3) is 0 Å². The molecule has 1 N–H and O–H groups in total. The van der Waals surface area contributed by atoms with Gasteiger partial charge in [0.2, 0.25) is 0 Å². The van der Waals surface area contributed by atoms with Crippen LogP contribution in [0.3, 0.4) is 0 Å². The lowest BCUT2D eigenvalue weighted by Gasteiger charge is -2.20. The third-order valence-electron chi connectivity index (χ3n) is 3.25. The fourth-order valence-corrected chi connectivity index (χ4v) is 2.52. The molecule has 0 aliphatic carbocycles. The lowest BCUT2D eigenvalue weighted by Crippen LogP contribution is -2.22. The molecule has 0 spiro atoms. The van der Waals surface area contributed by atoms with E-state index in [0.717, 1.165) is 16.8 Å². The number of hydrogen-bond acceptors (Lipinski definition) is 2. The zero-order chi connectivity index (χ0) is 14.0. The van der Waals surface area contributed by atoms with Crippen molar-refractivity contribution in [2.45, 2.75) is 26.4 Å². The third-order valence-corrected chi connectivity index (χ3v) is 3.54. The van der Waals surface area contributed by atoms with E-state index in [2.05, 4.69) is 10.4 Å². The molecular weight excluding hydrogens is 265 g/mol. The molecule has 0 aliphatic rings. The third kappa shape index (κ3) is 2.65. The molecule has 1 heterocycles. The molecular formula is C14H17ClFN3. The van der Waals surface area contributed by atoms with Crippen LogP contribution in [0.4, 0.5) is 4.39 Å². The Labute approximate surface area is 117 Å². The summed E-state index contributed by atoms with van der Waals surface area (Å²) in [5, 5.41) is 8.01. The summed E-state index contributed by atoms with van der Waals surface area (Å²) in [6, 6.07) is 4.60. The van der Waals surface area contributed by atoms with Crippen molar-refractivity contribution in [3.05, 3.63) is 52.1 Å². The van der Waals surface area contributed by atoms with Crippen molar-refractivity contribution in [3.8, 4) is 0 Å². The minimum Gasteiger partial charge on any atom is -0.308 e. The Morgan fingerprint density at radius 1 is 1.47 bits per heavy atom. The summed E-state index contributed by atoms with van der Waals surface area (Å²) in [5.41, 5.74) is 2.75. The Kier molecular flexibility index (Phi) is 4.22. The first-order valence-corrected chi connectivity index (χ1v) is 6.60. The number of nitrogens with zero attached hydrogens (tertiary/aromatic N) is 2. The normalized spacial score (nSPS) is 12.7. The molecule has 0 aliphatic heterocycles. The van der Waals surface area contributed by atoms with E-state index in [0.29, 0.717) is 11.6 Å². The molecule has 19 heavy (non-hydrogen) atoms. The summed E-state index contributed by atoms with van der Waals surface area (Å²) in [6.45, 7) is 4.67. The first-order valence-electron chi connectivity index (χ1n) is 6.23. The number of halogens is 2. The van der Waals surface area contributed by atoms with Gasteiger partial charge in [-0.3, -0.25) is 4.68 Å². The zero-order valence-electron chi connectivity index (χ0n) is 11.2. The molecule has 1 aromatic heterocycles. The van der Waals surface area contributed by atoms with Gasteiger partial charge in [-0.25, -0.2) is 4.39 Å². The van der Waals surface area contributed by atoms with Crippen molar-refractivity contribution in [1.82, 2.24) is 15.1 Å². The Bertz CT molecular complexity index is 580. The lowest BCUT2D eigenvalue weighted by molar-refractivity contribution is 0.557. The lowest BCUT2D eigenvalue weighted by atomic mass is 9.98. The molecule has 2 aromatic rings. The molecule has 0 radical (unpaired) electrons. The van der Waals surface area contributed by atoms with Crippen molar-refractivity contribution in [2.75, 3.05) is 7.05 Å². The standard InChI is InChI=1S/C14H17ClFN3/c1-4-19-14(12(15)8-18-19)13(17-3)11-7-10(16)6-5-9(11)2/h5-8,13,17H,4H2,1-3H3. The van der Waals surface area contributed by atoms with Gasteiger partial charge in [-0.1, -0.05) is 17.7 Å². The predicted octanol–water partition coefficient (Wildman–Crippen LogP) is 3.31. The number of benzene rings is 1. The van der Waals surface area contributed by atoms with Crippen LogP contribution < -0.4 is 5.32 Å². The fourth-order valence-electron chi connectivity index (χ4n) is 2.27. The highest BCUT2D eigenvalue weighted by molar-refractivity contribution is 6.31. The largest absolute Gasteiger partial charge is 0.308 e. The highest BCUT2D eigenvalue weighted by atomic mass is 35.5. The van der Waals surface area contributed by atoms with Gasteiger partial charge < -0.3 is 5.32 Å². The molecule has 0 saturated heterocycles. The maximum Gasteiger partial charge on any atom is 0.123 e. The Balaban J connectivity index is 2.56.